The minimum absolute atomic E-state index is 0.202. The minimum Gasteiger partial charge on any atom is -0.334 e. The lowest BCUT2D eigenvalue weighted by Gasteiger charge is -2.02. The lowest BCUT2D eigenvalue weighted by Crippen LogP contribution is -2.11. The predicted molar refractivity (Wildman–Crippen MR) is 102 cm³/mol. The fourth-order valence-corrected chi connectivity index (χ4v) is 3.81. The number of fused-ring (bicyclic) bond motifs is 1. The Kier molecular flexibility index (Phi) is 4.00. The topological polar surface area (TPSA) is 80.9 Å². The molecule has 0 atom stereocenters. The van der Waals surface area contributed by atoms with Gasteiger partial charge in [0, 0.05) is 11.1 Å². The van der Waals surface area contributed by atoms with Crippen LogP contribution in [0.15, 0.2) is 40.9 Å². The van der Waals surface area contributed by atoms with Gasteiger partial charge in [-0.05, 0) is 62.2 Å². The molecule has 0 unspecified atom stereocenters. The van der Waals surface area contributed by atoms with Crippen molar-refractivity contribution < 1.29 is 9.32 Å². The summed E-state index contributed by atoms with van der Waals surface area (Å²) in [4.78, 5) is 21.2. The van der Waals surface area contributed by atoms with E-state index in [2.05, 4.69) is 39.5 Å². The van der Waals surface area contributed by atoms with E-state index in [1.807, 2.05) is 6.92 Å². The van der Waals surface area contributed by atoms with Gasteiger partial charge in [-0.3, -0.25) is 10.1 Å². The number of hydrogen-bond acceptors (Lipinski definition) is 6. The van der Waals surface area contributed by atoms with E-state index in [4.69, 9.17) is 4.52 Å². The van der Waals surface area contributed by atoms with Gasteiger partial charge in [-0.2, -0.15) is 4.98 Å². The van der Waals surface area contributed by atoms with Crippen molar-refractivity contribution in [1.82, 2.24) is 15.1 Å². The summed E-state index contributed by atoms with van der Waals surface area (Å²) in [6, 6.07) is 11.2. The van der Waals surface area contributed by atoms with Crippen LogP contribution in [0.5, 0.6) is 0 Å². The fraction of sp³-hybridized carbons (Fsp3) is 0.158. The number of carbonyl (C=O) groups excluding carboxylic acids is 1. The summed E-state index contributed by atoms with van der Waals surface area (Å²) in [5, 5.41) is 7.24. The molecule has 6 nitrogen and oxygen atoms in total. The number of hydrogen-bond donors (Lipinski definition) is 1. The maximum Gasteiger partial charge on any atom is 0.257 e. The van der Waals surface area contributed by atoms with Crippen LogP contribution in [0, 0.1) is 20.8 Å². The number of benzene rings is 2. The second-order valence-corrected chi connectivity index (χ2v) is 7.16. The van der Waals surface area contributed by atoms with Crippen LogP contribution in [0.25, 0.3) is 21.7 Å². The molecule has 4 rings (SSSR count). The van der Waals surface area contributed by atoms with Crippen molar-refractivity contribution in [2.75, 3.05) is 5.32 Å². The molecular weight excluding hydrogens is 348 g/mol. The van der Waals surface area contributed by atoms with Crippen molar-refractivity contribution in [2.45, 2.75) is 20.8 Å². The first-order chi connectivity index (χ1) is 12.5. The molecule has 0 fully saturated rings. The highest BCUT2D eigenvalue weighted by Crippen LogP contribution is 2.29. The Balaban J connectivity index is 1.55. The molecule has 0 spiro atoms. The predicted octanol–water partition coefficient (Wildman–Crippen LogP) is 4.52. The maximum absolute atomic E-state index is 12.5. The first kappa shape index (κ1) is 16.4. The number of thiazole rings is 1. The van der Waals surface area contributed by atoms with E-state index in [1.54, 1.807) is 31.2 Å². The van der Waals surface area contributed by atoms with Crippen LogP contribution < -0.4 is 5.32 Å². The fourth-order valence-electron chi connectivity index (χ4n) is 2.77. The van der Waals surface area contributed by atoms with Crippen LogP contribution in [-0.4, -0.2) is 21.0 Å². The second-order valence-electron chi connectivity index (χ2n) is 6.13. The number of aromatic nitrogens is 3. The quantitative estimate of drug-likeness (QED) is 0.578. The van der Waals surface area contributed by atoms with Crippen LogP contribution in [0.2, 0.25) is 0 Å². The highest BCUT2D eigenvalue weighted by Gasteiger charge is 2.13. The molecule has 0 saturated heterocycles. The molecule has 0 aliphatic rings. The van der Waals surface area contributed by atoms with Gasteiger partial charge in [-0.1, -0.05) is 22.6 Å². The second kappa shape index (κ2) is 6.34. The zero-order valence-electron chi connectivity index (χ0n) is 14.5. The monoisotopic (exact) mass is 364 g/mol. The van der Waals surface area contributed by atoms with E-state index < -0.39 is 0 Å². The number of amides is 1. The number of carbonyl (C=O) groups is 1. The van der Waals surface area contributed by atoms with E-state index in [1.165, 1.54) is 16.9 Å². The Hall–Kier alpha value is -3.06. The summed E-state index contributed by atoms with van der Waals surface area (Å²) < 4.78 is 6.20. The molecule has 0 aliphatic carbocycles. The number of nitrogens with zero attached hydrogens (tertiary/aromatic N) is 3. The van der Waals surface area contributed by atoms with E-state index in [-0.39, 0.29) is 5.91 Å². The Labute approximate surface area is 153 Å². The Morgan fingerprint density at radius 2 is 1.85 bits per heavy atom. The third-order valence-electron chi connectivity index (χ3n) is 3.97. The summed E-state index contributed by atoms with van der Waals surface area (Å²) in [5.74, 6) is 0.807. The normalized spacial score (nSPS) is 11.0. The van der Waals surface area contributed by atoms with Gasteiger partial charge in [-0.15, -0.1) is 0 Å². The average Bonchev–Trinajstić information content (AvgIpc) is 3.21. The van der Waals surface area contributed by atoms with Crippen LogP contribution in [0.4, 0.5) is 5.13 Å². The largest absolute Gasteiger partial charge is 0.334 e. The van der Waals surface area contributed by atoms with Crippen LogP contribution in [0.1, 0.15) is 27.3 Å². The SMILES string of the molecule is Cc1cc(C)c2nc(NC(=O)c3ccc(-c4nc(C)no4)cc3)sc2c1. The van der Waals surface area contributed by atoms with Crippen molar-refractivity contribution in [2.24, 2.45) is 0 Å². The summed E-state index contributed by atoms with van der Waals surface area (Å²) >= 11 is 1.48. The van der Waals surface area contributed by atoms with E-state index in [9.17, 15) is 4.79 Å². The molecule has 0 radical (unpaired) electrons. The van der Waals surface area contributed by atoms with Gasteiger partial charge >= 0.3 is 0 Å². The number of aryl methyl sites for hydroxylation is 3. The van der Waals surface area contributed by atoms with Crippen LogP contribution >= 0.6 is 11.3 Å². The highest BCUT2D eigenvalue weighted by atomic mass is 32.1. The van der Waals surface area contributed by atoms with Gasteiger partial charge in [0.1, 0.15) is 0 Å². The van der Waals surface area contributed by atoms with Crippen molar-refractivity contribution in [3.63, 3.8) is 0 Å². The Morgan fingerprint density at radius 1 is 1.08 bits per heavy atom. The van der Waals surface area contributed by atoms with Gasteiger partial charge in [0.25, 0.3) is 11.8 Å². The molecule has 2 aromatic carbocycles. The molecule has 1 amide bonds. The van der Waals surface area contributed by atoms with Gasteiger partial charge in [0.15, 0.2) is 11.0 Å². The van der Waals surface area contributed by atoms with Crippen LogP contribution in [-0.2, 0) is 0 Å². The van der Waals surface area contributed by atoms with Gasteiger partial charge in [0.2, 0.25) is 0 Å². The maximum atomic E-state index is 12.5. The molecule has 2 aromatic heterocycles. The summed E-state index contributed by atoms with van der Waals surface area (Å²) in [6.07, 6.45) is 0. The standard InChI is InChI=1S/C19H16N4O2S/c1-10-8-11(2)16-15(9-10)26-19(21-16)22-17(24)13-4-6-14(7-5-13)18-20-12(3)23-25-18/h4-9H,1-3H3,(H,21,22,24). The van der Waals surface area contributed by atoms with Crippen molar-refractivity contribution in [3.8, 4) is 11.5 Å². The molecular formula is C19H16N4O2S. The van der Waals surface area contributed by atoms with Gasteiger partial charge in [0.05, 0.1) is 10.2 Å². The Morgan fingerprint density at radius 3 is 2.54 bits per heavy atom. The molecule has 7 heteroatoms. The smallest absolute Gasteiger partial charge is 0.257 e. The zero-order chi connectivity index (χ0) is 18.3. The van der Waals surface area contributed by atoms with E-state index in [0.29, 0.717) is 22.4 Å². The van der Waals surface area contributed by atoms with E-state index in [0.717, 1.165) is 21.3 Å². The molecule has 2 heterocycles. The molecule has 4 aromatic rings. The Bertz CT molecular complexity index is 1110. The molecule has 0 saturated carbocycles. The third-order valence-corrected chi connectivity index (χ3v) is 4.89. The summed E-state index contributed by atoms with van der Waals surface area (Å²) in [6.45, 7) is 5.84. The number of rotatable bonds is 3. The van der Waals surface area contributed by atoms with Crippen LogP contribution in [0.3, 0.4) is 0 Å². The third kappa shape index (κ3) is 3.09. The number of nitrogens with one attached hydrogen (secondary N) is 1. The molecule has 0 aliphatic heterocycles. The lowest BCUT2D eigenvalue weighted by molar-refractivity contribution is 0.102. The van der Waals surface area contributed by atoms with Crippen molar-refractivity contribution >= 4 is 32.6 Å². The highest BCUT2D eigenvalue weighted by molar-refractivity contribution is 7.22. The van der Waals surface area contributed by atoms with Crippen molar-refractivity contribution in [1.29, 1.82) is 0 Å². The minimum atomic E-state index is -0.202. The molecule has 1 N–H and O–H groups in total. The number of anilines is 1. The van der Waals surface area contributed by atoms with Crippen molar-refractivity contribution in [3.05, 3.63) is 58.9 Å². The zero-order valence-corrected chi connectivity index (χ0v) is 15.3. The first-order valence-corrected chi connectivity index (χ1v) is 8.91. The molecule has 26 heavy (non-hydrogen) atoms. The first-order valence-electron chi connectivity index (χ1n) is 8.09. The molecule has 130 valence electrons. The average molecular weight is 364 g/mol. The van der Waals surface area contributed by atoms with E-state index >= 15 is 0 Å². The van der Waals surface area contributed by atoms with Gasteiger partial charge in [-0.25, -0.2) is 4.98 Å². The summed E-state index contributed by atoms with van der Waals surface area (Å²) in [7, 11) is 0. The van der Waals surface area contributed by atoms with Gasteiger partial charge < -0.3 is 4.52 Å². The summed E-state index contributed by atoms with van der Waals surface area (Å²) in [5.41, 5.74) is 4.53. The lowest BCUT2D eigenvalue weighted by atomic mass is 10.1. The molecule has 0 bridgehead atoms.